The highest BCUT2D eigenvalue weighted by molar-refractivity contribution is 9.10. The van der Waals surface area contributed by atoms with Crippen molar-refractivity contribution in [3.63, 3.8) is 0 Å². The molecule has 1 aromatic carbocycles. The standard InChI is InChI=1S/C21H23BrN6O/c1-26-8-10-27(11-9-26)20-7-2-16(12-23-20)13-24-21(29)17-3-5-19(6-4-17)28-15-18(22)14-25-28/h2-7,12,14-15H,8-11,13H2,1H3,(H,24,29). The Morgan fingerprint density at radius 3 is 2.45 bits per heavy atom. The summed E-state index contributed by atoms with van der Waals surface area (Å²) in [7, 11) is 2.14. The Balaban J connectivity index is 1.32. The van der Waals surface area contributed by atoms with E-state index < -0.39 is 0 Å². The molecule has 4 rings (SSSR count). The van der Waals surface area contributed by atoms with Gasteiger partial charge in [-0.25, -0.2) is 9.67 Å². The number of carbonyl (C=O) groups excluding carboxylic acids is 1. The predicted octanol–water partition coefficient (Wildman–Crippen LogP) is 2.71. The van der Waals surface area contributed by atoms with E-state index in [0.717, 1.165) is 47.7 Å². The van der Waals surface area contributed by atoms with Crippen molar-refractivity contribution < 1.29 is 4.79 Å². The average molecular weight is 455 g/mol. The molecular formula is C21H23BrN6O. The number of carbonyl (C=O) groups is 1. The highest BCUT2D eigenvalue weighted by Crippen LogP contribution is 2.15. The monoisotopic (exact) mass is 454 g/mol. The molecule has 0 saturated carbocycles. The van der Waals surface area contributed by atoms with E-state index in [0.29, 0.717) is 12.1 Å². The van der Waals surface area contributed by atoms with Crippen LogP contribution >= 0.6 is 15.9 Å². The largest absolute Gasteiger partial charge is 0.354 e. The van der Waals surface area contributed by atoms with Gasteiger partial charge in [-0.15, -0.1) is 0 Å². The van der Waals surface area contributed by atoms with E-state index in [4.69, 9.17) is 0 Å². The van der Waals surface area contributed by atoms with Crippen molar-refractivity contribution in [1.82, 2.24) is 25.0 Å². The first-order valence-electron chi connectivity index (χ1n) is 9.56. The minimum Gasteiger partial charge on any atom is -0.354 e. The number of halogens is 1. The Bertz CT molecular complexity index is 962. The molecule has 7 nitrogen and oxygen atoms in total. The summed E-state index contributed by atoms with van der Waals surface area (Å²) in [5, 5.41) is 7.19. The van der Waals surface area contributed by atoms with Crippen LogP contribution in [0.4, 0.5) is 5.82 Å². The third kappa shape index (κ3) is 4.83. The molecule has 8 heteroatoms. The third-order valence-corrected chi connectivity index (χ3v) is 5.44. The van der Waals surface area contributed by atoms with Crippen molar-refractivity contribution in [3.05, 3.63) is 70.6 Å². The SMILES string of the molecule is CN1CCN(c2ccc(CNC(=O)c3ccc(-n4cc(Br)cn4)cc3)cn2)CC1. The first-order chi connectivity index (χ1) is 14.1. The number of benzene rings is 1. The van der Waals surface area contributed by atoms with Gasteiger partial charge in [-0.05, 0) is 58.9 Å². The highest BCUT2D eigenvalue weighted by Gasteiger charge is 2.15. The highest BCUT2D eigenvalue weighted by atomic mass is 79.9. The van der Waals surface area contributed by atoms with Crippen LogP contribution in [0.3, 0.4) is 0 Å². The van der Waals surface area contributed by atoms with E-state index in [-0.39, 0.29) is 5.91 Å². The van der Waals surface area contributed by atoms with Crippen LogP contribution in [-0.2, 0) is 6.54 Å². The van der Waals surface area contributed by atoms with Gasteiger partial charge in [0.05, 0.1) is 16.4 Å². The quantitative estimate of drug-likeness (QED) is 0.641. The number of amides is 1. The predicted molar refractivity (Wildman–Crippen MR) is 116 cm³/mol. The first-order valence-corrected chi connectivity index (χ1v) is 10.3. The van der Waals surface area contributed by atoms with Gasteiger partial charge in [0.1, 0.15) is 5.82 Å². The van der Waals surface area contributed by atoms with Crippen molar-refractivity contribution in [3.8, 4) is 5.69 Å². The number of piperazine rings is 1. The van der Waals surface area contributed by atoms with Crippen molar-refractivity contribution >= 4 is 27.7 Å². The molecule has 0 bridgehead atoms. The number of aromatic nitrogens is 3. The number of pyridine rings is 1. The van der Waals surface area contributed by atoms with Crippen LogP contribution in [0.1, 0.15) is 15.9 Å². The second-order valence-corrected chi connectivity index (χ2v) is 8.06. The minimum absolute atomic E-state index is 0.110. The lowest BCUT2D eigenvalue weighted by atomic mass is 10.2. The molecule has 150 valence electrons. The van der Waals surface area contributed by atoms with Crippen LogP contribution < -0.4 is 10.2 Å². The smallest absolute Gasteiger partial charge is 0.251 e. The summed E-state index contributed by atoms with van der Waals surface area (Å²) in [6, 6.07) is 11.4. The van der Waals surface area contributed by atoms with Gasteiger partial charge < -0.3 is 15.1 Å². The molecule has 3 heterocycles. The van der Waals surface area contributed by atoms with E-state index in [9.17, 15) is 4.79 Å². The maximum Gasteiger partial charge on any atom is 0.251 e. The second-order valence-electron chi connectivity index (χ2n) is 7.15. The van der Waals surface area contributed by atoms with E-state index in [1.165, 1.54) is 0 Å². The third-order valence-electron chi connectivity index (χ3n) is 5.03. The molecule has 1 aliphatic heterocycles. The van der Waals surface area contributed by atoms with Crippen LogP contribution in [0.2, 0.25) is 0 Å². The van der Waals surface area contributed by atoms with Crippen molar-refractivity contribution in [1.29, 1.82) is 0 Å². The molecule has 2 aromatic heterocycles. The van der Waals surface area contributed by atoms with Crippen LogP contribution in [0.25, 0.3) is 5.69 Å². The Labute approximate surface area is 178 Å². The number of anilines is 1. The van der Waals surface area contributed by atoms with Gasteiger partial charge in [-0.3, -0.25) is 4.79 Å². The molecule has 0 spiro atoms. The van der Waals surface area contributed by atoms with E-state index in [1.807, 2.05) is 36.7 Å². The molecule has 0 unspecified atom stereocenters. The Kier molecular flexibility index (Phi) is 5.92. The zero-order valence-electron chi connectivity index (χ0n) is 16.3. The fraction of sp³-hybridized carbons (Fsp3) is 0.286. The first kappa shape index (κ1) is 19.6. The zero-order chi connectivity index (χ0) is 20.2. The lowest BCUT2D eigenvalue weighted by molar-refractivity contribution is 0.0951. The number of hydrogen-bond acceptors (Lipinski definition) is 5. The van der Waals surface area contributed by atoms with Crippen molar-refractivity contribution in [2.45, 2.75) is 6.54 Å². The summed E-state index contributed by atoms with van der Waals surface area (Å²) in [5.41, 5.74) is 2.49. The topological polar surface area (TPSA) is 66.3 Å². The van der Waals surface area contributed by atoms with Crippen molar-refractivity contribution in [2.75, 3.05) is 38.1 Å². The summed E-state index contributed by atoms with van der Waals surface area (Å²) < 4.78 is 2.66. The number of hydrogen-bond donors (Lipinski definition) is 1. The van der Waals surface area contributed by atoms with Gasteiger partial charge in [0, 0.05) is 50.7 Å². The summed E-state index contributed by atoms with van der Waals surface area (Å²) in [6.45, 7) is 4.53. The van der Waals surface area contributed by atoms with Gasteiger partial charge >= 0.3 is 0 Å². The second kappa shape index (κ2) is 8.75. The Morgan fingerprint density at radius 2 is 1.83 bits per heavy atom. The summed E-state index contributed by atoms with van der Waals surface area (Å²) in [4.78, 5) is 21.6. The number of nitrogens with zero attached hydrogens (tertiary/aromatic N) is 5. The van der Waals surface area contributed by atoms with Gasteiger partial charge in [0.2, 0.25) is 0 Å². The molecular weight excluding hydrogens is 432 g/mol. The molecule has 0 aliphatic carbocycles. The average Bonchev–Trinajstić information content (AvgIpc) is 3.19. The Morgan fingerprint density at radius 1 is 1.07 bits per heavy atom. The number of rotatable bonds is 5. The summed E-state index contributed by atoms with van der Waals surface area (Å²) in [5.74, 6) is 0.885. The van der Waals surface area contributed by atoms with Crippen LogP contribution in [-0.4, -0.2) is 58.8 Å². The normalized spacial score (nSPS) is 14.8. The van der Waals surface area contributed by atoms with Gasteiger partial charge in [0.25, 0.3) is 5.91 Å². The van der Waals surface area contributed by atoms with E-state index >= 15 is 0 Å². The molecule has 1 saturated heterocycles. The molecule has 1 aliphatic rings. The van der Waals surface area contributed by atoms with E-state index in [1.54, 1.807) is 23.0 Å². The maximum absolute atomic E-state index is 12.4. The fourth-order valence-electron chi connectivity index (χ4n) is 3.24. The van der Waals surface area contributed by atoms with Crippen LogP contribution in [0.5, 0.6) is 0 Å². The minimum atomic E-state index is -0.110. The van der Waals surface area contributed by atoms with Crippen molar-refractivity contribution in [2.24, 2.45) is 0 Å². The molecule has 0 radical (unpaired) electrons. The molecule has 29 heavy (non-hydrogen) atoms. The van der Waals surface area contributed by atoms with Gasteiger partial charge in [-0.1, -0.05) is 6.07 Å². The lowest BCUT2D eigenvalue weighted by Gasteiger charge is -2.33. The molecule has 1 fully saturated rings. The van der Waals surface area contributed by atoms with Gasteiger partial charge in [-0.2, -0.15) is 5.10 Å². The molecule has 3 aromatic rings. The summed E-state index contributed by atoms with van der Waals surface area (Å²) in [6.07, 6.45) is 5.43. The molecule has 1 N–H and O–H groups in total. The fourth-order valence-corrected chi connectivity index (χ4v) is 3.52. The summed E-state index contributed by atoms with van der Waals surface area (Å²) >= 11 is 3.38. The number of nitrogens with one attached hydrogen (secondary N) is 1. The zero-order valence-corrected chi connectivity index (χ0v) is 17.8. The van der Waals surface area contributed by atoms with Crippen LogP contribution in [0, 0.1) is 0 Å². The van der Waals surface area contributed by atoms with Gasteiger partial charge in [0.15, 0.2) is 0 Å². The molecule has 1 amide bonds. The lowest BCUT2D eigenvalue weighted by Crippen LogP contribution is -2.44. The maximum atomic E-state index is 12.4. The molecule has 0 atom stereocenters. The van der Waals surface area contributed by atoms with E-state index in [2.05, 4.69) is 48.2 Å². The number of likely N-dealkylation sites (N-methyl/N-ethyl adjacent to an activating group) is 1. The Hall–Kier alpha value is -2.71. The van der Waals surface area contributed by atoms with Crippen LogP contribution in [0.15, 0.2) is 59.5 Å².